The molecule has 164 valence electrons. The Balaban J connectivity index is 1.58. The highest BCUT2D eigenvalue weighted by molar-refractivity contribution is 7.15. The number of hydrogen-bond acceptors (Lipinski definition) is 4. The van der Waals surface area contributed by atoms with Crippen molar-refractivity contribution in [2.75, 3.05) is 0 Å². The van der Waals surface area contributed by atoms with Crippen molar-refractivity contribution in [3.63, 3.8) is 0 Å². The number of nitrogens with zero attached hydrogens (tertiary/aromatic N) is 2. The molecular weight excluding hydrogens is 427 g/mol. The van der Waals surface area contributed by atoms with Gasteiger partial charge < -0.3 is 10.6 Å². The molecule has 0 radical (unpaired) electrons. The number of fused-ring (bicyclic) bond motifs is 1. The van der Waals surface area contributed by atoms with Crippen LogP contribution in [0.3, 0.4) is 0 Å². The van der Waals surface area contributed by atoms with Crippen LogP contribution in [0.2, 0.25) is 0 Å². The van der Waals surface area contributed by atoms with Crippen molar-refractivity contribution >= 4 is 23.2 Å². The topological polar surface area (TPSA) is 76.3 Å². The second-order valence-electron chi connectivity index (χ2n) is 8.71. The van der Waals surface area contributed by atoms with Gasteiger partial charge in [0, 0.05) is 12.0 Å². The average molecular weight is 449 g/mol. The molecule has 1 saturated heterocycles. The van der Waals surface area contributed by atoms with Gasteiger partial charge in [0.05, 0.1) is 15.4 Å². The van der Waals surface area contributed by atoms with E-state index < -0.39 is 29.6 Å². The molecule has 2 aromatic rings. The third kappa shape index (κ3) is 3.62. The summed E-state index contributed by atoms with van der Waals surface area (Å²) >= 11 is 1.28. The number of carbonyl (C=O) groups is 2. The van der Waals surface area contributed by atoms with Crippen molar-refractivity contribution in [3.8, 4) is 10.4 Å². The number of aromatic nitrogens is 1. The fraction of sp³-hybridized carbons (Fsp3) is 0.500. The minimum Gasteiger partial charge on any atom is -0.368 e. The van der Waals surface area contributed by atoms with Crippen molar-refractivity contribution in [1.29, 1.82) is 0 Å². The first-order valence-electron chi connectivity index (χ1n) is 10.5. The van der Waals surface area contributed by atoms with Crippen molar-refractivity contribution in [1.82, 2.24) is 9.88 Å². The molecule has 0 bridgehead atoms. The van der Waals surface area contributed by atoms with Gasteiger partial charge in [-0.25, -0.2) is 4.98 Å². The van der Waals surface area contributed by atoms with E-state index in [4.69, 9.17) is 5.73 Å². The molecule has 0 spiro atoms. The Morgan fingerprint density at radius 3 is 2.61 bits per heavy atom. The summed E-state index contributed by atoms with van der Waals surface area (Å²) in [6.45, 7) is 0. The van der Waals surface area contributed by atoms with Gasteiger partial charge in [0.2, 0.25) is 5.91 Å². The number of halogens is 3. The van der Waals surface area contributed by atoms with Crippen LogP contribution >= 0.6 is 11.3 Å². The lowest BCUT2D eigenvalue weighted by atomic mass is 10.0. The molecule has 2 heterocycles. The van der Waals surface area contributed by atoms with Crippen LogP contribution in [0.25, 0.3) is 10.4 Å². The van der Waals surface area contributed by atoms with Gasteiger partial charge in [-0.1, -0.05) is 18.6 Å². The number of hydrogen-bond donors (Lipinski definition) is 1. The molecule has 3 fully saturated rings. The van der Waals surface area contributed by atoms with Gasteiger partial charge in [-0.05, 0) is 55.7 Å². The second kappa shape index (κ2) is 7.32. The standard InChI is InChI=1S/C22H22F3N3O2S/c23-22(24,25)14-5-1-4-13(9-14)18-17(27-20(31-18)11-7-8-11)21(30)28-15-6-2-3-12(15)10-16(28)19(26)29/h1,4-5,9,11-12,15-16H,2-3,6-8,10H2,(H2,26,29)/t12-,15-,16-/m0/s1. The Hall–Kier alpha value is -2.42. The number of primary amides is 1. The molecule has 1 aliphatic heterocycles. The predicted octanol–water partition coefficient (Wildman–Crippen LogP) is 4.57. The highest BCUT2D eigenvalue weighted by Crippen LogP contribution is 2.47. The van der Waals surface area contributed by atoms with Gasteiger partial charge in [0.15, 0.2) is 0 Å². The van der Waals surface area contributed by atoms with Gasteiger partial charge in [0.25, 0.3) is 5.91 Å². The van der Waals surface area contributed by atoms with E-state index >= 15 is 0 Å². The molecule has 31 heavy (non-hydrogen) atoms. The van der Waals surface area contributed by atoms with Crippen molar-refractivity contribution in [3.05, 3.63) is 40.5 Å². The first-order chi connectivity index (χ1) is 14.7. The number of amides is 2. The Kier molecular flexibility index (Phi) is 4.84. The lowest BCUT2D eigenvalue weighted by Crippen LogP contribution is -2.47. The van der Waals surface area contributed by atoms with Crippen LogP contribution in [0.1, 0.15) is 65.5 Å². The third-order valence-electron chi connectivity index (χ3n) is 6.63. The first kappa shape index (κ1) is 20.5. The number of rotatable bonds is 4. The van der Waals surface area contributed by atoms with Crippen LogP contribution in [0.4, 0.5) is 13.2 Å². The normalized spacial score (nSPS) is 25.6. The van der Waals surface area contributed by atoms with Crippen molar-refractivity contribution < 1.29 is 22.8 Å². The minimum absolute atomic E-state index is 0.0644. The lowest BCUT2D eigenvalue weighted by molar-refractivity contribution is -0.137. The lowest BCUT2D eigenvalue weighted by Gasteiger charge is -2.28. The molecule has 2 aliphatic carbocycles. The van der Waals surface area contributed by atoms with E-state index in [-0.39, 0.29) is 23.6 Å². The number of likely N-dealkylation sites (tertiary alicyclic amines) is 1. The summed E-state index contributed by atoms with van der Waals surface area (Å²) in [5.41, 5.74) is 5.31. The van der Waals surface area contributed by atoms with E-state index in [0.717, 1.165) is 49.2 Å². The van der Waals surface area contributed by atoms with Crippen LogP contribution < -0.4 is 5.73 Å². The van der Waals surface area contributed by atoms with Crippen LogP contribution in [0.15, 0.2) is 24.3 Å². The molecule has 1 aromatic carbocycles. The van der Waals surface area contributed by atoms with Gasteiger partial charge in [0.1, 0.15) is 11.7 Å². The predicted molar refractivity (Wildman–Crippen MR) is 109 cm³/mol. The Morgan fingerprint density at radius 2 is 1.94 bits per heavy atom. The van der Waals surface area contributed by atoms with E-state index in [2.05, 4.69) is 4.98 Å². The second-order valence-corrected chi connectivity index (χ2v) is 9.74. The van der Waals surface area contributed by atoms with E-state index in [1.54, 1.807) is 11.0 Å². The molecule has 2 N–H and O–H groups in total. The summed E-state index contributed by atoms with van der Waals surface area (Å²) in [6, 6.07) is 4.24. The summed E-state index contributed by atoms with van der Waals surface area (Å²) in [5, 5.41) is 0.772. The van der Waals surface area contributed by atoms with Gasteiger partial charge in [-0.15, -0.1) is 11.3 Å². The molecule has 5 rings (SSSR count). The monoisotopic (exact) mass is 449 g/mol. The minimum atomic E-state index is -4.48. The quantitative estimate of drug-likeness (QED) is 0.743. The summed E-state index contributed by atoms with van der Waals surface area (Å²) < 4.78 is 39.8. The largest absolute Gasteiger partial charge is 0.416 e. The van der Waals surface area contributed by atoms with Gasteiger partial charge in [-0.2, -0.15) is 13.2 Å². The fourth-order valence-corrected chi connectivity index (χ4v) is 6.20. The number of carbonyl (C=O) groups excluding carboxylic acids is 2. The smallest absolute Gasteiger partial charge is 0.368 e. The summed E-state index contributed by atoms with van der Waals surface area (Å²) in [4.78, 5) is 32.4. The molecule has 9 heteroatoms. The van der Waals surface area contributed by atoms with Crippen molar-refractivity contribution in [2.24, 2.45) is 11.7 Å². The number of benzene rings is 1. The summed E-state index contributed by atoms with van der Waals surface area (Å²) in [7, 11) is 0. The Bertz CT molecular complexity index is 1050. The Labute approximate surface area is 181 Å². The first-order valence-corrected chi connectivity index (χ1v) is 11.4. The van der Waals surface area contributed by atoms with Crippen LogP contribution in [0.5, 0.6) is 0 Å². The number of alkyl halides is 3. The molecule has 1 aromatic heterocycles. The third-order valence-corrected chi connectivity index (χ3v) is 7.89. The maximum atomic E-state index is 13.7. The zero-order chi connectivity index (χ0) is 21.9. The van der Waals surface area contributed by atoms with E-state index in [1.807, 2.05) is 0 Å². The number of thiazole rings is 1. The SMILES string of the molecule is NC(=O)[C@@H]1C[C@@H]2CCC[C@@H]2N1C(=O)c1nc(C2CC2)sc1-c1cccc(C(F)(F)F)c1. The summed E-state index contributed by atoms with van der Waals surface area (Å²) in [6.07, 6.45) is 0.720. The molecule has 3 aliphatic rings. The highest BCUT2D eigenvalue weighted by atomic mass is 32.1. The van der Waals surface area contributed by atoms with E-state index in [9.17, 15) is 22.8 Å². The highest BCUT2D eigenvalue weighted by Gasteiger charge is 2.49. The van der Waals surface area contributed by atoms with Crippen LogP contribution in [-0.4, -0.2) is 33.8 Å². The van der Waals surface area contributed by atoms with Crippen LogP contribution in [-0.2, 0) is 11.0 Å². The zero-order valence-electron chi connectivity index (χ0n) is 16.7. The molecule has 2 amide bonds. The Morgan fingerprint density at radius 1 is 1.16 bits per heavy atom. The molecule has 0 unspecified atom stereocenters. The maximum absolute atomic E-state index is 13.7. The molecular formula is C22H22F3N3O2S. The van der Waals surface area contributed by atoms with E-state index in [0.29, 0.717) is 16.9 Å². The van der Waals surface area contributed by atoms with Gasteiger partial charge in [-0.3, -0.25) is 9.59 Å². The molecule has 3 atom stereocenters. The molecule has 2 saturated carbocycles. The number of nitrogens with two attached hydrogens (primary N) is 1. The molecule has 5 nitrogen and oxygen atoms in total. The van der Waals surface area contributed by atoms with Crippen LogP contribution in [0, 0.1) is 5.92 Å². The van der Waals surface area contributed by atoms with Gasteiger partial charge >= 0.3 is 6.18 Å². The fourth-order valence-electron chi connectivity index (χ4n) is 4.98. The summed E-state index contributed by atoms with van der Waals surface area (Å²) in [5.74, 6) is -0.449. The average Bonchev–Trinajstić information content (AvgIpc) is 3.15. The van der Waals surface area contributed by atoms with E-state index in [1.165, 1.54) is 17.4 Å². The van der Waals surface area contributed by atoms with Crippen molar-refractivity contribution in [2.45, 2.75) is 62.7 Å². The zero-order valence-corrected chi connectivity index (χ0v) is 17.5. The maximum Gasteiger partial charge on any atom is 0.416 e.